The lowest BCUT2D eigenvalue weighted by atomic mass is 9.97. The van der Waals surface area contributed by atoms with E-state index in [0.717, 1.165) is 53.4 Å². The molecule has 2 unspecified atom stereocenters. The monoisotopic (exact) mass is 470 g/mol. The van der Waals surface area contributed by atoms with Gasteiger partial charge < -0.3 is 15.0 Å². The molecule has 1 aromatic carbocycles. The molecular weight excluding hydrogens is 444 g/mol. The number of aryl methyl sites for hydroxylation is 2. The first-order valence-corrected chi connectivity index (χ1v) is 12.7. The van der Waals surface area contributed by atoms with Crippen LogP contribution in [0.1, 0.15) is 48.2 Å². The summed E-state index contributed by atoms with van der Waals surface area (Å²) in [5.74, 6) is -0.646. The molecule has 2 aliphatic rings. The van der Waals surface area contributed by atoms with Gasteiger partial charge in [0.2, 0.25) is 5.91 Å². The zero-order chi connectivity index (χ0) is 22.2. The summed E-state index contributed by atoms with van der Waals surface area (Å²) < 4.78 is 6.36. The van der Waals surface area contributed by atoms with Crippen LogP contribution in [0.2, 0.25) is 0 Å². The average Bonchev–Trinajstić information content (AvgIpc) is 3.47. The second-order valence-corrected chi connectivity index (χ2v) is 10.5. The van der Waals surface area contributed by atoms with Crippen LogP contribution >= 0.6 is 22.7 Å². The Morgan fingerprint density at radius 2 is 2.12 bits per heavy atom. The van der Waals surface area contributed by atoms with Crippen molar-refractivity contribution < 1.29 is 14.3 Å². The molecule has 1 amide bonds. The number of hydrogen-bond acceptors (Lipinski definition) is 8. The Hall–Kier alpha value is -2.52. The fraction of sp³-hybridized carbons (Fsp3) is 0.478. The number of anilines is 2. The van der Waals surface area contributed by atoms with E-state index in [1.165, 1.54) is 21.6 Å². The number of benzene rings is 1. The summed E-state index contributed by atoms with van der Waals surface area (Å²) in [6, 6.07) is 6.30. The molecule has 168 valence electrons. The highest BCUT2D eigenvalue weighted by Gasteiger charge is 2.34. The summed E-state index contributed by atoms with van der Waals surface area (Å²) in [6.45, 7) is 5.83. The van der Waals surface area contributed by atoms with Crippen LogP contribution in [0.4, 0.5) is 10.3 Å². The number of fused-ring (bicyclic) bond motifs is 2. The predicted molar refractivity (Wildman–Crippen MR) is 128 cm³/mol. The highest BCUT2D eigenvalue weighted by atomic mass is 32.1. The minimum absolute atomic E-state index is 0.00763. The summed E-state index contributed by atoms with van der Waals surface area (Å²) in [4.78, 5) is 37.9. The Kier molecular flexibility index (Phi) is 5.86. The number of carbonyl (C=O) groups excluding carboxylic acids is 2. The van der Waals surface area contributed by atoms with Crippen molar-refractivity contribution >= 4 is 55.0 Å². The molecule has 1 N–H and O–H groups in total. The molecule has 3 heterocycles. The van der Waals surface area contributed by atoms with Crippen molar-refractivity contribution in [1.82, 2.24) is 9.97 Å². The zero-order valence-electron chi connectivity index (χ0n) is 18.2. The average molecular weight is 471 g/mol. The molecule has 0 spiro atoms. The topological polar surface area (TPSA) is 84.4 Å². The number of amides is 1. The summed E-state index contributed by atoms with van der Waals surface area (Å²) in [6.07, 6.45) is 3.34. The molecule has 3 aromatic rings. The molecule has 9 heteroatoms. The van der Waals surface area contributed by atoms with Crippen molar-refractivity contribution in [3.63, 3.8) is 0 Å². The van der Waals surface area contributed by atoms with Gasteiger partial charge in [-0.1, -0.05) is 17.4 Å². The van der Waals surface area contributed by atoms with E-state index >= 15 is 0 Å². The number of aromatic nitrogens is 2. The van der Waals surface area contributed by atoms with E-state index < -0.39 is 0 Å². The zero-order valence-corrected chi connectivity index (χ0v) is 19.9. The van der Waals surface area contributed by atoms with Gasteiger partial charge in [-0.3, -0.25) is 9.59 Å². The van der Waals surface area contributed by atoms with E-state index in [4.69, 9.17) is 9.72 Å². The largest absolute Gasteiger partial charge is 0.465 e. The fourth-order valence-corrected chi connectivity index (χ4v) is 6.62. The first-order chi connectivity index (χ1) is 15.5. The number of nitrogens with one attached hydrogen (secondary N) is 1. The first-order valence-electron chi connectivity index (χ1n) is 11.1. The number of thiazole rings is 2. The molecule has 32 heavy (non-hydrogen) atoms. The predicted octanol–water partition coefficient (Wildman–Crippen LogP) is 4.51. The van der Waals surface area contributed by atoms with Gasteiger partial charge in [-0.25, -0.2) is 9.97 Å². The van der Waals surface area contributed by atoms with Crippen LogP contribution in [0.25, 0.3) is 10.2 Å². The number of hydrogen-bond donors (Lipinski definition) is 1. The van der Waals surface area contributed by atoms with Crippen LogP contribution in [-0.2, 0) is 20.7 Å². The number of ether oxygens (including phenoxy) is 1. The Morgan fingerprint density at radius 1 is 1.25 bits per heavy atom. The lowest BCUT2D eigenvalue weighted by Crippen LogP contribution is -2.40. The maximum absolute atomic E-state index is 13.0. The van der Waals surface area contributed by atoms with Gasteiger partial charge >= 0.3 is 5.97 Å². The van der Waals surface area contributed by atoms with E-state index in [-0.39, 0.29) is 23.7 Å². The van der Waals surface area contributed by atoms with Gasteiger partial charge in [0.05, 0.1) is 28.4 Å². The van der Waals surface area contributed by atoms with Gasteiger partial charge in [-0.15, -0.1) is 11.3 Å². The van der Waals surface area contributed by atoms with Gasteiger partial charge in [0, 0.05) is 18.0 Å². The van der Waals surface area contributed by atoms with E-state index in [0.29, 0.717) is 18.3 Å². The summed E-state index contributed by atoms with van der Waals surface area (Å²) in [7, 11) is 0. The molecule has 0 saturated carbocycles. The van der Waals surface area contributed by atoms with E-state index in [9.17, 15) is 9.59 Å². The quantitative estimate of drug-likeness (QED) is 0.553. The van der Waals surface area contributed by atoms with Crippen molar-refractivity contribution in [2.75, 3.05) is 29.9 Å². The molecule has 0 bridgehead atoms. The van der Waals surface area contributed by atoms with Crippen molar-refractivity contribution in [3.05, 3.63) is 34.3 Å². The number of rotatable bonds is 5. The van der Waals surface area contributed by atoms with Crippen LogP contribution < -0.4 is 10.2 Å². The molecule has 2 atom stereocenters. The SMILES string of the molecule is CCOC(=O)C1CCc2sc(NC(=O)C3CCCN(c4nc5ccc(C)cc5s4)C3)nc21. The highest BCUT2D eigenvalue weighted by molar-refractivity contribution is 7.22. The van der Waals surface area contributed by atoms with Crippen LogP contribution in [0.3, 0.4) is 0 Å². The molecule has 1 aliphatic heterocycles. The Bertz CT molecular complexity index is 1170. The number of piperidine rings is 1. The van der Waals surface area contributed by atoms with Gasteiger partial charge in [0.15, 0.2) is 10.3 Å². The minimum Gasteiger partial charge on any atom is -0.465 e. The van der Waals surface area contributed by atoms with Gasteiger partial charge in [0.1, 0.15) is 5.92 Å². The fourth-order valence-electron chi connectivity index (χ4n) is 4.48. The lowest BCUT2D eigenvalue weighted by Gasteiger charge is -2.31. The first kappa shape index (κ1) is 21.3. The Morgan fingerprint density at radius 3 is 2.97 bits per heavy atom. The number of carbonyl (C=O) groups is 2. The second-order valence-electron chi connectivity index (χ2n) is 8.41. The van der Waals surface area contributed by atoms with Crippen LogP contribution in [0.5, 0.6) is 0 Å². The summed E-state index contributed by atoms with van der Waals surface area (Å²) in [5.41, 5.74) is 3.01. The molecule has 1 saturated heterocycles. The van der Waals surface area contributed by atoms with Crippen LogP contribution in [0, 0.1) is 12.8 Å². The Balaban J connectivity index is 1.26. The number of esters is 1. The number of nitrogens with zero attached hydrogens (tertiary/aromatic N) is 3. The maximum Gasteiger partial charge on any atom is 0.315 e. The van der Waals surface area contributed by atoms with Gasteiger partial charge in [0.25, 0.3) is 0 Å². The molecule has 7 nitrogen and oxygen atoms in total. The summed E-state index contributed by atoms with van der Waals surface area (Å²) >= 11 is 3.17. The highest BCUT2D eigenvalue weighted by Crippen LogP contribution is 2.39. The molecule has 0 radical (unpaired) electrons. The third kappa shape index (κ3) is 4.11. The molecule has 1 fully saturated rings. The Labute approximate surface area is 194 Å². The van der Waals surface area contributed by atoms with Crippen LogP contribution in [0.15, 0.2) is 18.2 Å². The molecular formula is C23H26N4O3S2. The maximum atomic E-state index is 13.0. The lowest BCUT2D eigenvalue weighted by molar-refractivity contribution is -0.145. The van der Waals surface area contributed by atoms with Crippen LogP contribution in [-0.4, -0.2) is 41.5 Å². The van der Waals surface area contributed by atoms with Crippen molar-refractivity contribution in [2.24, 2.45) is 5.92 Å². The molecule has 5 rings (SSSR count). The minimum atomic E-state index is -0.306. The van der Waals surface area contributed by atoms with Crippen molar-refractivity contribution in [3.8, 4) is 0 Å². The standard InChI is InChI=1S/C23H26N4O3S2/c1-3-30-21(29)15-7-9-17-19(15)25-22(31-17)26-20(28)14-5-4-10-27(12-14)23-24-16-8-6-13(2)11-18(16)32-23/h6,8,11,14-15H,3-5,7,9-10,12H2,1-2H3,(H,25,26,28). The van der Waals surface area contributed by atoms with E-state index in [2.05, 4.69) is 40.3 Å². The molecule has 1 aliphatic carbocycles. The van der Waals surface area contributed by atoms with E-state index in [1.54, 1.807) is 11.3 Å². The normalized spacial score (nSPS) is 20.4. The summed E-state index contributed by atoms with van der Waals surface area (Å²) in [5, 5.41) is 4.58. The van der Waals surface area contributed by atoms with Gasteiger partial charge in [-0.2, -0.15) is 0 Å². The van der Waals surface area contributed by atoms with Crippen molar-refractivity contribution in [1.29, 1.82) is 0 Å². The second kappa shape index (κ2) is 8.78. The smallest absolute Gasteiger partial charge is 0.315 e. The molecule has 2 aromatic heterocycles. The third-order valence-electron chi connectivity index (χ3n) is 6.11. The van der Waals surface area contributed by atoms with E-state index in [1.807, 2.05) is 6.92 Å². The van der Waals surface area contributed by atoms with Gasteiger partial charge in [-0.05, 0) is 57.2 Å². The third-order valence-corrected chi connectivity index (χ3v) is 8.24. The van der Waals surface area contributed by atoms with Crippen molar-refractivity contribution in [2.45, 2.75) is 45.4 Å².